The Balaban J connectivity index is 0.00000289. The zero-order chi connectivity index (χ0) is 22.6. The number of hydrogen-bond donors (Lipinski definition) is 2. The van der Waals surface area contributed by atoms with Crippen molar-refractivity contribution in [1.29, 1.82) is 0 Å². The lowest BCUT2D eigenvalue weighted by Crippen LogP contribution is -2.49. The Kier molecular flexibility index (Phi) is 6.86. The van der Waals surface area contributed by atoms with Crippen molar-refractivity contribution >= 4 is 22.4 Å². The van der Waals surface area contributed by atoms with E-state index in [1.165, 1.54) is 0 Å². The number of alkyl halides is 2. The first-order valence-corrected chi connectivity index (χ1v) is 11.0. The van der Waals surface area contributed by atoms with Gasteiger partial charge in [-0.15, -0.1) is 12.4 Å². The summed E-state index contributed by atoms with van der Waals surface area (Å²) in [5.74, 6) is -7.34. The van der Waals surface area contributed by atoms with E-state index in [-0.39, 0.29) is 35.5 Å². The molecule has 1 aliphatic heterocycles. The molecule has 4 rings (SSSR count). The molecule has 1 heterocycles. The topological polar surface area (TPSA) is 58.2 Å². The van der Waals surface area contributed by atoms with Crippen molar-refractivity contribution in [3.8, 4) is 11.1 Å². The van der Waals surface area contributed by atoms with Crippen LogP contribution < -0.4 is 10.0 Å². The van der Waals surface area contributed by atoms with E-state index in [0.717, 1.165) is 24.3 Å². The number of nitrogens with one attached hydrogen (secondary N) is 2. The molecular formula is C20H19ClF6N2O2S. The van der Waals surface area contributed by atoms with Crippen molar-refractivity contribution in [3.05, 3.63) is 59.2 Å². The summed E-state index contributed by atoms with van der Waals surface area (Å²) < 4.78 is 108. The van der Waals surface area contributed by atoms with Crippen LogP contribution in [0.25, 0.3) is 11.1 Å². The van der Waals surface area contributed by atoms with Crippen LogP contribution in [0.4, 0.5) is 26.3 Å². The number of rotatable bonds is 6. The highest BCUT2D eigenvalue weighted by atomic mass is 35.5. The third-order valence-corrected chi connectivity index (χ3v) is 6.97. The van der Waals surface area contributed by atoms with E-state index < -0.39 is 56.5 Å². The quantitative estimate of drug-likeness (QED) is 0.586. The molecule has 32 heavy (non-hydrogen) atoms. The Morgan fingerprint density at radius 3 is 2.16 bits per heavy atom. The van der Waals surface area contributed by atoms with Crippen molar-refractivity contribution in [3.63, 3.8) is 0 Å². The predicted octanol–water partition coefficient (Wildman–Crippen LogP) is 4.14. The fraction of sp³-hybridized carbons (Fsp3) is 0.400. The summed E-state index contributed by atoms with van der Waals surface area (Å²) in [5.41, 5.74) is -1.29. The largest absolute Gasteiger partial charge is 0.350 e. The zero-order valence-electron chi connectivity index (χ0n) is 16.3. The fourth-order valence-electron chi connectivity index (χ4n) is 4.21. The number of hydrogen-bond acceptors (Lipinski definition) is 3. The number of sulfonamides is 1. The van der Waals surface area contributed by atoms with E-state index in [4.69, 9.17) is 0 Å². The smallest absolute Gasteiger partial charge is 0.311 e. The lowest BCUT2D eigenvalue weighted by atomic mass is 9.91. The number of halogens is 7. The second kappa shape index (κ2) is 8.85. The van der Waals surface area contributed by atoms with Crippen LogP contribution in [0, 0.1) is 28.7 Å². The van der Waals surface area contributed by atoms with E-state index in [0.29, 0.717) is 25.5 Å². The third kappa shape index (κ3) is 4.75. The second-order valence-corrected chi connectivity index (χ2v) is 9.72. The molecule has 2 aliphatic rings. The minimum atomic E-state index is -4.89. The SMILES string of the molecule is Cl.O=S(=O)(N[C@@H]1[C@H](Cc2cc(F)cc(-c3cc(F)cc(F)c3)c2F)NCC12CC2)C(F)F. The van der Waals surface area contributed by atoms with Crippen LogP contribution in [-0.2, 0) is 16.4 Å². The maximum Gasteiger partial charge on any atom is 0.350 e. The van der Waals surface area contributed by atoms with Gasteiger partial charge in [-0.2, -0.15) is 8.78 Å². The molecule has 1 aliphatic carbocycles. The Bertz CT molecular complexity index is 1110. The van der Waals surface area contributed by atoms with E-state index >= 15 is 4.39 Å². The minimum Gasteiger partial charge on any atom is -0.311 e. The predicted molar refractivity (Wildman–Crippen MR) is 108 cm³/mol. The lowest BCUT2D eigenvalue weighted by molar-refractivity contribution is 0.229. The van der Waals surface area contributed by atoms with Gasteiger partial charge in [-0.3, -0.25) is 0 Å². The van der Waals surface area contributed by atoms with Crippen molar-refractivity contribution in [2.75, 3.05) is 6.54 Å². The Morgan fingerprint density at radius 2 is 1.59 bits per heavy atom. The summed E-state index contributed by atoms with van der Waals surface area (Å²) in [7, 11) is -4.89. The molecule has 1 saturated heterocycles. The molecular weight excluding hydrogens is 482 g/mol. The van der Waals surface area contributed by atoms with E-state index in [1.54, 1.807) is 0 Å². The van der Waals surface area contributed by atoms with E-state index in [9.17, 15) is 30.4 Å². The Labute approximate surface area is 186 Å². The van der Waals surface area contributed by atoms with Gasteiger partial charge in [0, 0.05) is 35.7 Å². The van der Waals surface area contributed by atoms with Crippen molar-refractivity contribution in [1.82, 2.24) is 10.0 Å². The second-order valence-electron chi connectivity index (χ2n) is 8.04. The highest BCUT2D eigenvalue weighted by Crippen LogP contribution is 2.52. The van der Waals surface area contributed by atoms with E-state index in [2.05, 4.69) is 5.32 Å². The van der Waals surface area contributed by atoms with Gasteiger partial charge in [-0.05, 0) is 54.7 Å². The van der Waals surface area contributed by atoms with Gasteiger partial charge < -0.3 is 5.32 Å². The standard InChI is InChI=1S/C20H18F6N2O2S.ClH/c21-12-3-10(4-13(22)7-12)15-8-14(23)5-11(17(15)24)6-16-18(20(1-2-20)9-27-16)28-31(29,30)19(25)26;/h3-5,7-8,16,18-19,27-28H,1-2,6,9H2;1H/t16-,18+;/m0./s1. The van der Waals surface area contributed by atoms with Gasteiger partial charge in [0.2, 0.25) is 0 Å². The Morgan fingerprint density at radius 1 is 1.00 bits per heavy atom. The van der Waals surface area contributed by atoms with Crippen LogP contribution >= 0.6 is 12.4 Å². The van der Waals surface area contributed by atoms with Crippen molar-refractivity contribution in [2.24, 2.45) is 5.41 Å². The first-order valence-electron chi connectivity index (χ1n) is 9.48. The van der Waals surface area contributed by atoms with Crippen LogP contribution in [0.1, 0.15) is 18.4 Å². The average Bonchev–Trinajstić information content (AvgIpc) is 3.38. The summed E-state index contributed by atoms with van der Waals surface area (Å²) in [6, 6.07) is 2.31. The van der Waals surface area contributed by atoms with Crippen LogP contribution in [0.15, 0.2) is 30.3 Å². The first-order chi connectivity index (χ1) is 14.5. The summed E-state index contributed by atoms with van der Waals surface area (Å²) >= 11 is 0. The van der Waals surface area contributed by atoms with Crippen LogP contribution in [0.5, 0.6) is 0 Å². The molecule has 2 aromatic rings. The van der Waals surface area contributed by atoms with Gasteiger partial charge >= 0.3 is 5.76 Å². The summed E-state index contributed by atoms with van der Waals surface area (Å²) in [6.07, 6.45) is 0.991. The van der Waals surface area contributed by atoms with Gasteiger partial charge in [0.15, 0.2) is 0 Å². The lowest BCUT2D eigenvalue weighted by Gasteiger charge is -2.25. The maximum absolute atomic E-state index is 15.2. The molecule has 2 fully saturated rings. The van der Waals surface area contributed by atoms with Gasteiger partial charge in [-0.1, -0.05) is 0 Å². The summed E-state index contributed by atoms with van der Waals surface area (Å²) in [6.45, 7) is 0.340. The molecule has 0 bridgehead atoms. The minimum absolute atomic E-state index is 0. The molecule has 4 nitrogen and oxygen atoms in total. The Hall–Kier alpha value is -1.82. The van der Waals surface area contributed by atoms with Gasteiger partial charge in [0.05, 0.1) is 0 Å². The zero-order valence-corrected chi connectivity index (χ0v) is 18.0. The van der Waals surface area contributed by atoms with Gasteiger partial charge in [-0.25, -0.2) is 30.7 Å². The monoisotopic (exact) mass is 500 g/mol. The molecule has 2 aromatic carbocycles. The number of benzene rings is 2. The highest BCUT2D eigenvalue weighted by molar-refractivity contribution is 7.89. The molecule has 2 N–H and O–H groups in total. The summed E-state index contributed by atoms with van der Waals surface area (Å²) in [4.78, 5) is 0. The molecule has 1 saturated carbocycles. The molecule has 0 radical (unpaired) electrons. The maximum atomic E-state index is 15.2. The molecule has 176 valence electrons. The van der Waals surface area contributed by atoms with E-state index in [1.807, 2.05) is 4.72 Å². The molecule has 1 spiro atoms. The van der Waals surface area contributed by atoms with Crippen LogP contribution in [0.3, 0.4) is 0 Å². The van der Waals surface area contributed by atoms with Crippen molar-refractivity contribution in [2.45, 2.75) is 37.1 Å². The van der Waals surface area contributed by atoms with Crippen molar-refractivity contribution < 1.29 is 34.8 Å². The van der Waals surface area contributed by atoms with Crippen LogP contribution in [-0.4, -0.2) is 32.8 Å². The molecule has 0 unspecified atom stereocenters. The normalized spacial score (nSPS) is 21.7. The molecule has 0 amide bonds. The molecule has 0 aromatic heterocycles. The highest BCUT2D eigenvalue weighted by Gasteiger charge is 2.57. The molecule has 2 atom stereocenters. The summed E-state index contributed by atoms with van der Waals surface area (Å²) in [5, 5.41) is 3.01. The van der Waals surface area contributed by atoms with Gasteiger partial charge in [0.25, 0.3) is 10.0 Å². The third-order valence-electron chi connectivity index (χ3n) is 5.92. The first kappa shape index (κ1) is 24.8. The fourth-order valence-corrected chi connectivity index (χ4v) is 5.08. The van der Waals surface area contributed by atoms with Gasteiger partial charge in [0.1, 0.15) is 23.3 Å². The van der Waals surface area contributed by atoms with Crippen LogP contribution in [0.2, 0.25) is 0 Å². The average molecular weight is 501 g/mol. The molecule has 12 heteroatoms.